The van der Waals surface area contributed by atoms with Gasteiger partial charge in [-0.25, -0.2) is 0 Å². The molecule has 2 rings (SSSR count). The van der Waals surface area contributed by atoms with E-state index in [1.165, 1.54) is 0 Å². The second-order valence-electron chi connectivity index (χ2n) is 5.17. The van der Waals surface area contributed by atoms with Gasteiger partial charge in [0.05, 0.1) is 12.5 Å². The second-order valence-corrected chi connectivity index (χ2v) is 5.17. The largest absolute Gasteiger partial charge is 0.369 e. The second kappa shape index (κ2) is 6.42. The van der Waals surface area contributed by atoms with E-state index in [0.717, 1.165) is 11.1 Å². The van der Waals surface area contributed by atoms with Crippen LogP contribution < -0.4 is 11.5 Å². The Labute approximate surface area is 124 Å². The average molecular weight is 285 g/mol. The summed E-state index contributed by atoms with van der Waals surface area (Å²) in [6, 6.07) is 5.43. The van der Waals surface area contributed by atoms with Gasteiger partial charge in [-0.05, 0) is 31.0 Å². The standard InChI is InChI=1S/C16H19N3O2/c1-11-4-5-13(9-12(11)3-2-7-17)16(21)19-8-6-14(10-19)15(18)20/h4-5,9,14H,6-8,10,17H2,1H3,(H2,18,20). The minimum absolute atomic E-state index is 0.0884. The maximum absolute atomic E-state index is 12.5. The molecule has 0 aromatic heterocycles. The minimum Gasteiger partial charge on any atom is -0.369 e. The summed E-state index contributed by atoms with van der Waals surface area (Å²) >= 11 is 0. The van der Waals surface area contributed by atoms with Crippen molar-refractivity contribution in [1.29, 1.82) is 0 Å². The molecule has 1 aromatic carbocycles. The van der Waals surface area contributed by atoms with Gasteiger partial charge < -0.3 is 16.4 Å². The average Bonchev–Trinajstić information content (AvgIpc) is 2.95. The maximum Gasteiger partial charge on any atom is 0.253 e. The highest BCUT2D eigenvalue weighted by molar-refractivity contribution is 5.95. The van der Waals surface area contributed by atoms with Crippen molar-refractivity contribution < 1.29 is 9.59 Å². The number of aryl methyl sites for hydroxylation is 1. The zero-order chi connectivity index (χ0) is 15.4. The number of rotatable bonds is 2. The van der Waals surface area contributed by atoms with Gasteiger partial charge in [-0.2, -0.15) is 0 Å². The Bertz CT molecular complexity index is 628. The third-order valence-electron chi connectivity index (χ3n) is 3.69. The van der Waals surface area contributed by atoms with Crippen molar-refractivity contribution in [2.75, 3.05) is 19.6 Å². The summed E-state index contributed by atoms with van der Waals surface area (Å²) in [5.41, 5.74) is 13.0. The van der Waals surface area contributed by atoms with Crippen LogP contribution in [0.15, 0.2) is 18.2 Å². The number of hydrogen-bond acceptors (Lipinski definition) is 3. The van der Waals surface area contributed by atoms with Crippen LogP contribution >= 0.6 is 0 Å². The Hall–Kier alpha value is -2.32. The molecule has 5 nitrogen and oxygen atoms in total. The predicted molar refractivity (Wildman–Crippen MR) is 80.3 cm³/mol. The van der Waals surface area contributed by atoms with E-state index in [2.05, 4.69) is 11.8 Å². The molecule has 0 saturated carbocycles. The molecule has 1 atom stereocenters. The lowest BCUT2D eigenvalue weighted by Crippen LogP contribution is -2.31. The molecule has 2 amide bonds. The zero-order valence-electron chi connectivity index (χ0n) is 12.1. The molecule has 0 bridgehead atoms. The van der Waals surface area contributed by atoms with E-state index in [4.69, 9.17) is 11.5 Å². The Morgan fingerprint density at radius 3 is 2.81 bits per heavy atom. The van der Waals surface area contributed by atoms with Gasteiger partial charge in [-0.3, -0.25) is 9.59 Å². The predicted octanol–water partition coefficient (Wildman–Crippen LogP) is 0.253. The third-order valence-corrected chi connectivity index (χ3v) is 3.69. The van der Waals surface area contributed by atoms with Crippen LogP contribution in [0.4, 0.5) is 0 Å². The molecule has 4 N–H and O–H groups in total. The number of amides is 2. The van der Waals surface area contributed by atoms with E-state index in [-0.39, 0.29) is 24.3 Å². The molecule has 1 saturated heterocycles. The molecule has 1 heterocycles. The molecule has 5 heteroatoms. The fraction of sp³-hybridized carbons (Fsp3) is 0.375. The molecule has 0 radical (unpaired) electrons. The summed E-state index contributed by atoms with van der Waals surface area (Å²) in [6.45, 7) is 3.17. The van der Waals surface area contributed by atoms with Crippen LogP contribution in [-0.4, -0.2) is 36.3 Å². The molecule has 110 valence electrons. The Morgan fingerprint density at radius 1 is 1.43 bits per heavy atom. The van der Waals surface area contributed by atoms with Crippen molar-refractivity contribution in [2.24, 2.45) is 17.4 Å². The molecule has 21 heavy (non-hydrogen) atoms. The summed E-state index contributed by atoms with van der Waals surface area (Å²) < 4.78 is 0. The number of likely N-dealkylation sites (tertiary alicyclic amines) is 1. The zero-order valence-corrected chi connectivity index (χ0v) is 12.1. The third kappa shape index (κ3) is 3.41. The first-order valence-corrected chi connectivity index (χ1v) is 6.91. The van der Waals surface area contributed by atoms with E-state index in [9.17, 15) is 9.59 Å². The molecule has 0 spiro atoms. The van der Waals surface area contributed by atoms with Crippen molar-refractivity contribution in [3.8, 4) is 11.8 Å². The van der Waals surface area contributed by atoms with Gasteiger partial charge in [-0.1, -0.05) is 17.9 Å². The number of primary amides is 1. The van der Waals surface area contributed by atoms with Gasteiger partial charge in [0, 0.05) is 24.2 Å². The van der Waals surface area contributed by atoms with Crippen LogP contribution in [0.5, 0.6) is 0 Å². The number of nitrogens with two attached hydrogens (primary N) is 2. The maximum atomic E-state index is 12.5. The number of nitrogens with zero attached hydrogens (tertiary/aromatic N) is 1. The SMILES string of the molecule is Cc1ccc(C(=O)N2CCC(C(N)=O)C2)cc1C#CCN. The first-order valence-electron chi connectivity index (χ1n) is 6.91. The summed E-state index contributed by atoms with van der Waals surface area (Å²) in [5.74, 6) is 5.09. The summed E-state index contributed by atoms with van der Waals surface area (Å²) in [6.07, 6.45) is 0.632. The van der Waals surface area contributed by atoms with Crippen molar-refractivity contribution in [3.05, 3.63) is 34.9 Å². The lowest BCUT2D eigenvalue weighted by atomic mass is 10.0. The van der Waals surface area contributed by atoms with Crippen LogP contribution in [0.1, 0.15) is 27.9 Å². The van der Waals surface area contributed by atoms with Gasteiger partial charge in [0.1, 0.15) is 0 Å². The Morgan fingerprint density at radius 2 is 2.19 bits per heavy atom. The van der Waals surface area contributed by atoms with Gasteiger partial charge in [0.15, 0.2) is 0 Å². The highest BCUT2D eigenvalue weighted by Gasteiger charge is 2.30. The van der Waals surface area contributed by atoms with Gasteiger partial charge in [-0.15, -0.1) is 0 Å². The number of carbonyl (C=O) groups excluding carboxylic acids is 2. The molecule has 1 aliphatic rings. The normalized spacial score (nSPS) is 17.2. The van der Waals surface area contributed by atoms with Gasteiger partial charge in [0.2, 0.25) is 5.91 Å². The molecule has 0 aliphatic carbocycles. The van der Waals surface area contributed by atoms with Crippen LogP contribution in [-0.2, 0) is 4.79 Å². The van der Waals surface area contributed by atoms with E-state index >= 15 is 0 Å². The molecular weight excluding hydrogens is 266 g/mol. The fourth-order valence-electron chi connectivity index (χ4n) is 2.40. The van der Waals surface area contributed by atoms with Crippen molar-refractivity contribution in [2.45, 2.75) is 13.3 Å². The number of hydrogen-bond donors (Lipinski definition) is 2. The highest BCUT2D eigenvalue weighted by atomic mass is 16.2. The van der Waals surface area contributed by atoms with Crippen LogP contribution in [0.25, 0.3) is 0 Å². The van der Waals surface area contributed by atoms with Crippen LogP contribution in [0.2, 0.25) is 0 Å². The number of carbonyl (C=O) groups is 2. The lowest BCUT2D eigenvalue weighted by Gasteiger charge is -2.16. The number of benzene rings is 1. The first kappa shape index (κ1) is 15.1. The Balaban J connectivity index is 2.18. The van der Waals surface area contributed by atoms with E-state index in [1.807, 2.05) is 13.0 Å². The van der Waals surface area contributed by atoms with E-state index < -0.39 is 0 Å². The smallest absolute Gasteiger partial charge is 0.253 e. The molecular formula is C16H19N3O2. The molecule has 1 fully saturated rings. The Kier molecular flexibility index (Phi) is 4.61. The molecule has 1 aliphatic heterocycles. The topological polar surface area (TPSA) is 89.4 Å². The van der Waals surface area contributed by atoms with E-state index in [1.54, 1.807) is 17.0 Å². The van der Waals surface area contributed by atoms with Crippen molar-refractivity contribution in [1.82, 2.24) is 4.90 Å². The molecule has 1 aromatic rings. The van der Waals surface area contributed by atoms with Gasteiger partial charge in [0.25, 0.3) is 5.91 Å². The van der Waals surface area contributed by atoms with Crippen LogP contribution in [0, 0.1) is 24.7 Å². The van der Waals surface area contributed by atoms with E-state index in [0.29, 0.717) is 25.1 Å². The first-order chi connectivity index (χ1) is 10.0. The van der Waals surface area contributed by atoms with Crippen LogP contribution in [0.3, 0.4) is 0 Å². The quantitative estimate of drug-likeness (QED) is 0.763. The minimum atomic E-state index is -0.344. The summed E-state index contributed by atoms with van der Waals surface area (Å²) in [7, 11) is 0. The summed E-state index contributed by atoms with van der Waals surface area (Å²) in [5, 5.41) is 0. The highest BCUT2D eigenvalue weighted by Crippen LogP contribution is 2.19. The van der Waals surface area contributed by atoms with Gasteiger partial charge >= 0.3 is 0 Å². The van der Waals surface area contributed by atoms with Crippen molar-refractivity contribution >= 4 is 11.8 Å². The lowest BCUT2D eigenvalue weighted by molar-refractivity contribution is -0.121. The summed E-state index contributed by atoms with van der Waals surface area (Å²) in [4.78, 5) is 25.3. The fourth-order valence-corrected chi connectivity index (χ4v) is 2.40. The monoisotopic (exact) mass is 285 g/mol. The molecule has 1 unspecified atom stereocenters. The van der Waals surface area contributed by atoms with Crippen molar-refractivity contribution in [3.63, 3.8) is 0 Å².